The molecule has 3 amide bonds. The van der Waals surface area contributed by atoms with Gasteiger partial charge in [0.1, 0.15) is 11.5 Å². The van der Waals surface area contributed by atoms with E-state index in [-0.39, 0.29) is 25.0 Å². The number of urea groups is 1. The van der Waals surface area contributed by atoms with E-state index in [2.05, 4.69) is 10.6 Å². The fourth-order valence-electron chi connectivity index (χ4n) is 3.40. The molecule has 0 aliphatic carbocycles. The predicted molar refractivity (Wildman–Crippen MR) is 140 cm³/mol. The molecule has 0 saturated heterocycles. The number of para-hydroxylation sites is 2. The zero-order valence-corrected chi connectivity index (χ0v) is 19.6. The van der Waals surface area contributed by atoms with Gasteiger partial charge >= 0.3 is 6.03 Å². The molecule has 0 atom stereocenters. The molecule has 0 aliphatic heterocycles. The zero-order chi connectivity index (χ0) is 24.5. The van der Waals surface area contributed by atoms with Gasteiger partial charge in [-0.25, -0.2) is 4.79 Å². The van der Waals surface area contributed by atoms with Crippen LogP contribution in [0.3, 0.4) is 0 Å². The Bertz CT molecular complexity index is 1270. The van der Waals surface area contributed by atoms with Crippen molar-refractivity contribution in [2.75, 3.05) is 23.3 Å². The molecule has 35 heavy (non-hydrogen) atoms. The molecule has 0 heterocycles. The van der Waals surface area contributed by atoms with Crippen molar-refractivity contribution in [2.45, 2.75) is 0 Å². The van der Waals surface area contributed by atoms with E-state index in [1.54, 1.807) is 53.4 Å². The molecule has 0 aliphatic rings. The van der Waals surface area contributed by atoms with E-state index >= 15 is 0 Å². The van der Waals surface area contributed by atoms with Crippen LogP contribution < -0.4 is 20.3 Å². The van der Waals surface area contributed by atoms with Gasteiger partial charge in [0.15, 0.2) is 0 Å². The Morgan fingerprint density at radius 1 is 0.743 bits per heavy atom. The first-order valence-electron chi connectivity index (χ1n) is 11.1. The van der Waals surface area contributed by atoms with Crippen LogP contribution in [0.4, 0.5) is 16.2 Å². The lowest BCUT2D eigenvalue weighted by molar-refractivity contribution is 0.0954. The summed E-state index contributed by atoms with van der Waals surface area (Å²) in [7, 11) is 0. The molecule has 4 rings (SSSR count). The number of nitrogens with one attached hydrogen (secondary N) is 2. The van der Waals surface area contributed by atoms with Crippen molar-refractivity contribution in [3.05, 3.63) is 120 Å². The van der Waals surface area contributed by atoms with Gasteiger partial charge in [-0.1, -0.05) is 60.1 Å². The monoisotopic (exact) mass is 485 g/mol. The smallest absolute Gasteiger partial charge is 0.326 e. The van der Waals surface area contributed by atoms with Crippen LogP contribution in [-0.2, 0) is 0 Å². The van der Waals surface area contributed by atoms with E-state index < -0.39 is 0 Å². The number of ether oxygens (including phenoxy) is 1. The minimum atomic E-state index is -0.320. The number of nitrogens with zero attached hydrogens (tertiary/aromatic N) is 1. The van der Waals surface area contributed by atoms with E-state index in [9.17, 15) is 9.59 Å². The van der Waals surface area contributed by atoms with Gasteiger partial charge < -0.3 is 15.4 Å². The Kier molecular flexibility index (Phi) is 7.99. The van der Waals surface area contributed by atoms with Gasteiger partial charge in [0, 0.05) is 24.5 Å². The Hall–Kier alpha value is -4.29. The number of rotatable bonds is 8. The Balaban J connectivity index is 1.47. The summed E-state index contributed by atoms with van der Waals surface area (Å²) in [5, 5.41) is 6.10. The van der Waals surface area contributed by atoms with Crippen LogP contribution in [0.25, 0.3) is 0 Å². The molecule has 176 valence electrons. The van der Waals surface area contributed by atoms with Gasteiger partial charge in [0.05, 0.1) is 10.6 Å². The highest BCUT2D eigenvalue weighted by Gasteiger charge is 2.17. The van der Waals surface area contributed by atoms with Crippen LogP contribution in [0.5, 0.6) is 11.5 Å². The second-order valence-corrected chi connectivity index (χ2v) is 8.00. The van der Waals surface area contributed by atoms with E-state index in [0.717, 1.165) is 5.75 Å². The molecule has 7 heteroatoms. The Morgan fingerprint density at radius 2 is 1.34 bits per heavy atom. The molecule has 4 aromatic rings. The first-order valence-corrected chi connectivity index (χ1v) is 11.5. The molecule has 0 unspecified atom stereocenters. The maximum absolute atomic E-state index is 13.1. The molecule has 0 saturated carbocycles. The van der Waals surface area contributed by atoms with Crippen molar-refractivity contribution in [3.8, 4) is 11.5 Å². The minimum Gasteiger partial charge on any atom is -0.457 e. The van der Waals surface area contributed by atoms with Crippen molar-refractivity contribution in [2.24, 2.45) is 0 Å². The van der Waals surface area contributed by atoms with Crippen LogP contribution in [0.1, 0.15) is 10.4 Å². The first-order chi connectivity index (χ1) is 17.1. The summed E-state index contributed by atoms with van der Waals surface area (Å²) in [6.45, 7) is 0.474. The van der Waals surface area contributed by atoms with Crippen molar-refractivity contribution in [1.82, 2.24) is 5.32 Å². The van der Waals surface area contributed by atoms with Crippen LogP contribution in [-0.4, -0.2) is 25.0 Å². The quantitative estimate of drug-likeness (QED) is 0.295. The normalized spacial score (nSPS) is 10.3. The lowest BCUT2D eigenvalue weighted by Crippen LogP contribution is -2.41. The lowest BCUT2D eigenvalue weighted by atomic mass is 10.2. The molecule has 4 aromatic carbocycles. The second kappa shape index (κ2) is 11.7. The number of carbonyl (C=O) groups excluding carboxylic acids is 2. The summed E-state index contributed by atoms with van der Waals surface area (Å²) < 4.78 is 5.85. The minimum absolute atomic E-state index is 0.231. The summed E-state index contributed by atoms with van der Waals surface area (Å²) in [5.41, 5.74) is 1.72. The molecule has 0 radical (unpaired) electrons. The molecular formula is C28H24ClN3O3. The summed E-state index contributed by atoms with van der Waals surface area (Å²) in [5.74, 6) is 1.07. The Morgan fingerprint density at radius 3 is 2.03 bits per heavy atom. The van der Waals surface area contributed by atoms with Crippen LogP contribution in [0.2, 0.25) is 5.02 Å². The number of hydrogen-bond donors (Lipinski definition) is 2. The topological polar surface area (TPSA) is 70.7 Å². The highest BCUT2D eigenvalue weighted by Crippen LogP contribution is 2.25. The summed E-state index contributed by atoms with van der Waals surface area (Å²) in [4.78, 5) is 27.2. The highest BCUT2D eigenvalue weighted by atomic mass is 35.5. The van der Waals surface area contributed by atoms with E-state index in [1.165, 1.54) is 0 Å². The van der Waals surface area contributed by atoms with E-state index in [0.29, 0.717) is 27.7 Å². The molecule has 2 N–H and O–H groups in total. The Labute approximate surface area is 209 Å². The maximum atomic E-state index is 13.1. The van der Waals surface area contributed by atoms with Crippen LogP contribution in [0, 0.1) is 0 Å². The number of benzene rings is 4. The van der Waals surface area contributed by atoms with Crippen LogP contribution in [0.15, 0.2) is 109 Å². The average Bonchev–Trinajstić information content (AvgIpc) is 2.88. The predicted octanol–water partition coefficient (Wildman–Crippen LogP) is 6.60. The number of amides is 3. The third kappa shape index (κ3) is 6.62. The molecule has 0 spiro atoms. The zero-order valence-electron chi connectivity index (χ0n) is 18.9. The fraction of sp³-hybridized carbons (Fsp3) is 0.0714. The van der Waals surface area contributed by atoms with Gasteiger partial charge in [-0.05, 0) is 60.7 Å². The van der Waals surface area contributed by atoms with Gasteiger partial charge in [-0.15, -0.1) is 0 Å². The van der Waals surface area contributed by atoms with Gasteiger partial charge in [-0.3, -0.25) is 9.69 Å². The highest BCUT2D eigenvalue weighted by molar-refractivity contribution is 6.33. The van der Waals surface area contributed by atoms with Crippen LogP contribution >= 0.6 is 11.6 Å². The third-order valence-corrected chi connectivity index (χ3v) is 5.47. The number of halogens is 1. The summed E-state index contributed by atoms with van der Waals surface area (Å²) in [6, 6.07) is 32.4. The van der Waals surface area contributed by atoms with Gasteiger partial charge in [0.2, 0.25) is 0 Å². The second-order valence-electron chi connectivity index (χ2n) is 7.59. The third-order valence-electron chi connectivity index (χ3n) is 5.14. The van der Waals surface area contributed by atoms with Crippen molar-refractivity contribution >= 4 is 34.9 Å². The number of carbonyl (C=O) groups is 2. The largest absolute Gasteiger partial charge is 0.457 e. The SMILES string of the molecule is O=C(NCCN(C(=O)Nc1ccccc1)c1ccc(Oc2ccccc2)cc1)c1ccccc1Cl. The van der Waals surface area contributed by atoms with Crippen molar-refractivity contribution < 1.29 is 14.3 Å². The fourth-order valence-corrected chi connectivity index (χ4v) is 3.62. The van der Waals surface area contributed by atoms with E-state index in [1.807, 2.05) is 60.7 Å². The molecular weight excluding hydrogens is 462 g/mol. The maximum Gasteiger partial charge on any atom is 0.326 e. The molecule has 0 bridgehead atoms. The summed E-state index contributed by atoms with van der Waals surface area (Å²) in [6.07, 6.45) is 0. The first kappa shape index (κ1) is 23.9. The van der Waals surface area contributed by atoms with Crippen molar-refractivity contribution in [3.63, 3.8) is 0 Å². The summed E-state index contributed by atoms with van der Waals surface area (Å²) >= 11 is 6.12. The molecule has 6 nitrogen and oxygen atoms in total. The van der Waals surface area contributed by atoms with E-state index in [4.69, 9.17) is 16.3 Å². The van der Waals surface area contributed by atoms with Gasteiger partial charge in [-0.2, -0.15) is 0 Å². The van der Waals surface area contributed by atoms with Crippen molar-refractivity contribution in [1.29, 1.82) is 0 Å². The number of anilines is 2. The standard InChI is InChI=1S/C28H24ClN3O3/c29-26-14-8-7-13-25(26)27(33)30-19-20-32(28(34)31-21-9-3-1-4-10-21)22-15-17-24(18-16-22)35-23-11-5-2-6-12-23/h1-18H,19-20H2,(H,30,33)(H,31,34). The molecule has 0 fully saturated rings. The average molecular weight is 486 g/mol. The van der Waals surface area contributed by atoms with Gasteiger partial charge in [0.25, 0.3) is 5.91 Å². The molecule has 0 aromatic heterocycles. The number of hydrogen-bond acceptors (Lipinski definition) is 3. The lowest BCUT2D eigenvalue weighted by Gasteiger charge is -2.24.